The average Bonchev–Trinajstić information content (AvgIpc) is 3.53. The lowest BCUT2D eigenvalue weighted by molar-refractivity contribution is -0.274. The molecule has 1 aliphatic rings. The van der Waals surface area contributed by atoms with Gasteiger partial charge in [0, 0.05) is 72.2 Å². The van der Waals surface area contributed by atoms with Gasteiger partial charge in [0.25, 0.3) is 5.91 Å². The van der Waals surface area contributed by atoms with Gasteiger partial charge in [-0.3, -0.25) is 14.6 Å². The Kier molecular flexibility index (Phi) is 12.3. The largest absolute Gasteiger partial charge is 0.573 e. The number of benzene rings is 3. The molecule has 15 heteroatoms. The van der Waals surface area contributed by atoms with Gasteiger partial charge in [-0.2, -0.15) is 5.10 Å². The topological polar surface area (TPSA) is 131 Å². The van der Waals surface area contributed by atoms with Gasteiger partial charge in [0.1, 0.15) is 16.5 Å². The van der Waals surface area contributed by atoms with Gasteiger partial charge >= 0.3 is 12.4 Å². The van der Waals surface area contributed by atoms with E-state index in [-0.39, 0.29) is 34.7 Å². The predicted octanol–water partition coefficient (Wildman–Crippen LogP) is 7.92. The summed E-state index contributed by atoms with van der Waals surface area (Å²) in [6.45, 7) is 16.4. The zero-order valence-electron chi connectivity index (χ0n) is 31.2. The smallest absolute Gasteiger partial charge is 0.507 e. The van der Waals surface area contributed by atoms with Crippen LogP contribution in [0.15, 0.2) is 71.1 Å². The minimum atomic E-state index is -4.83. The number of hydrogen-bond donors (Lipinski definition) is 4. The molecule has 1 aromatic heterocycles. The number of carbonyl (C=O) groups is 2. The summed E-state index contributed by atoms with van der Waals surface area (Å²) in [6.07, 6.45) is -3.32. The molecule has 0 aliphatic carbocycles. The fraction of sp³-hybridized carbons (Fsp3) is 0.385. The summed E-state index contributed by atoms with van der Waals surface area (Å²) in [4.78, 5) is 34.3. The molecule has 0 bridgehead atoms. The maximum absolute atomic E-state index is 12.7. The molecule has 1 aliphatic heterocycles. The molecule has 3 aromatic carbocycles. The molecule has 54 heavy (non-hydrogen) atoms. The second-order valence-corrected chi connectivity index (χ2v) is 16.0. The lowest BCUT2D eigenvalue weighted by atomic mass is 9.79. The van der Waals surface area contributed by atoms with Crippen LogP contribution in [0.4, 0.5) is 29.3 Å². The van der Waals surface area contributed by atoms with Gasteiger partial charge in [0.05, 0.1) is 18.5 Å². The van der Waals surface area contributed by atoms with Crippen molar-refractivity contribution in [1.82, 2.24) is 20.2 Å². The molecule has 0 spiro atoms. The zero-order chi connectivity index (χ0) is 39.3. The van der Waals surface area contributed by atoms with Crippen LogP contribution in [0.25, 0.3) is 10.6 Å². The van der Waals surface area contributed by atoms with E-state index in [0.29, 0.717) is 30.9 Å². The van der Waals surface area contributed by atoms with Crippen molar-refractivity contribution < 1.29 is 32.6 Å². The monoisotopic (exact) mass is 765 g/mol. The van der Waals surface area contributed by atoms with Crippen molar-refractivity contribution >= 4 is 40.9 Å². The van der Waals surface area contributed by atoms with Crippen molar-refractivity contribution in [1.29, 1.82) is 0 Å². The Hall–Kier alpha value is -4.99. The van der Waals surface area contributed by atoms with E-state index >= 15 is 0 Å². The maximum Gasteiger partial charge on any atom is 0.573 e. The molecule has 1 fully saturated rings. The van der Waals surface area contributed by atoms with Gasteiger partial charge in [-0.05, 0) is 58.9 Å². The van der Waals surface area contributed by atoms with Gasteiger partial charge in [-0.25, -0.2) is 15.2 Å². The molecule has 288 valence electrons. The highest BCUT2D eigenvalue weighted by Crippen LogP contribution is 2.37. The van der Waals surface area contributed by atoms with E-state index in [4.69, 9.17) is 4.98 Å². The summed E-state index contributed by atoms with van der Waals surface area (Å²) in [7, 11) is 0. The predicted molar refractivity (Wildman–Crippen MR) is 206 cm³/mol. The number of ether oxygens (including phenoxy) is 1. The number of alkyl halides is 3. The summed E-state index contributed by atoms with van der Waals surface area (Å²) in [6, 6.07) is 15.5. The number of piperazine rings is 1. The highest BCUT2D eigenvalue weighted by Gasteiger charge is 2.31. The molecule has 4 N–H and O–H groups in total. The van der Waals surface area contributed by atoms with Crippen molar-refractivity contribution in [3.63, 3.8) is 0 Å². The number of phenols is 1. The molecule has 0 radical (unpaired) electrons. The lowest BCUT2D eigenvalue weighted by Gasteiger charge is -2.33. The van der Waals surface area contributed by atoms with E-state index in [9.17, 15) is 27.9 Å². The van der Waals surface area contributed by atoms with Crippen LogP contribution < -0.4 is 20.8 Å². The second kappa shape index (κ2) is 16.6. The number of carbonyl (C=O) groups excluding carboxylic acids is 2. The SMILES string of the molecule is CC(C)(C)c1cc(/C=N/NC(=O)CN2CCN(Cc3csc(-c4ccc(NC(=O)Nc5cccc(OC(F)(F)F)c5)cc4)n3)CC2)c(O)c(C(C)(C)C)c1. The number of phenolic OH excluding ortho intramolecular Hbond substituents is 1. The number of aromatic nitrogens is 1. The molecule has 5 rings (SSSR count). The number of thiazole rings is 1. The van der Waals surface area contributed by atoms with Gasteiger partial charge in [-0.15, -0.1) is 24.5 Å². The third-order valence-electron chi connectivity index (χ3n) is 8.69. The van der Waals surface area contributed by atoms with Crippen LogP contribution in [0, 0.1) is 0 Å². The Morgan fingerprint density at radius 3 is 2.22 bits per heavy atom. The molecule has 2 heterocycles. The number of amides is 3. The lowest BCUT2D eigenvalue weighted by Crippen LogP contribution is -2.48. The Morgan fingerprint density at radius 1 is 0.907 bits per heavy atom. The number of anilines is 2. The van der Waals surface area contributed by atoms with E-state index < -0.39 is 18.1 Å². The van der Waals surface area contributed by atoms with Crippen LogP contribution in [-0.4, -0.2) is 77.1 Å². The summed E-state index contributed by atoms with van der Waals surface area (Å²) in [5.41, 5.74) is 7.14. The van der Waals surface area contributed by atoms with Crippen molar-refractivity contribution in [2.75, 3.05) is 43.4 Å². The Bertz CT molecular complexity index is 1960. The number of hydrogen-bond acceptors (Lipinski definition) is 9. The summed E-state index contributed by atoms with van der Waals surface area (Å²) >= 11 is 1.52. The highest BCUT2D eigenvalue weighted by molar-refractivity contribution is 7.13. The second-order valence-electron chi connectivity index (χ2n) is 15.2. The van der Waals surface area contributed by atoms with Crippen molar-refractivity contribution in [2.24, 2.45) is 5.10 Å². The fourth-order valence-corrected chi connectivity index (χ4v) is 6.60. The van der Waals surface area contributed by atoms with Crippen LogP contribution in [0.1, 0.15) is 63.9 Å². The highest BCUT2D eigenvalue weighted by atomic mass is 32.1. The quantitative estimate of drug-likeness (QED) is 0.0954. The number of nitrogens with one attached hydrogen (secondary N) is 3. The number of nitrogens with zero attached hydrogens (tertiary/aromatic N) is 4. The van der Waals surface area contributed by atoms with E-state index in [1.54, 1.807) is 12.1 Å². The Labute approximate surface area is 317 Å². The molecule has 4 aromatic rings. The first-order valence-electron chi connectivity index (χ1n) is 17.5. The van der Waals surface area contributed by atoms with E-state index in [0.717, 1.165) is 52.6 Å². The molecule has 0 unspecified atom stereocenters. The van der Waals surface area contributed by atoms with Gasteiger partial charge in [0.2, 0.25) is 0 Å². The Balaban J connectivity index is 1.06. The van der Waals surface area contributed by atoms with Crippen molar-refractivity contribution in [2.45, 2.75) is 65.3 Å². The molecule has 0 atom stereocenters. The van der Waals surface area contributed by atoms with E-state index in [1.165, 1.54) is 29.7 Å². The molecular weight excluding hydrogens is 720 g/mol. The Morgan fingerprint density at radius 2 is 1.57 bits per heavy atom. The average molecular weight is 766 g/mol. The third-order valence-corrected chi connectivity index (χ3v) is 9.63. The standard InChI is InChI=1S/C39H46F3N7O4S/c1-37(2,3)27-18-26(34(51)32(19-27)38(4,5)6)21-43-47-33(50)23-49-16-14-48(15-17-49)22-30-24-54-35(44-30)25-10-12-28(13-11-25)45-36(52)46-29-8-7-9-31(20-29)53-39(40,41)42/h7-13,18-21,24,51H,14-17,22-23H2,1-6H3,(H,47,50)(H2,45,46,52)/b43-21+. The van der Waals surface area contributed by atoms with E-state index in [2.05, 4.69) is 77.2 Å². The molecule has 0 saturated carbocycles. The molecular formula is C39H46F3N7O4S. The van der Waals surface area contributed by atoms with Crippen LogP contribution >= 0.6 is 11.3 Å². The third kappa shape index (κ3) is 11.5. The number of aromatic hydroxyl groups is 1. The number of hydrazone groups is 1. The maximum atomic E-state index is 12.7. The summed E-state index contributed by atoms with van der Waals surface area (Å²) < 4.78 is 41.4. The summed E-state index contributed by atoms with van der Waals surface area (Å²) in [5, 5.41) is 23.1. The minimum Gasteiger partial charge on any atom is -0.507 e. The first-order chi connectivity index (χ1) is 25.3. The fourth-order valence-electron chi connectivity index (χ4n) is 5.78. The first-order valence-corrected chi connectivity index (χ1v) is 18.3. The molecule has 11 nitrogen and oxygen atoms in total. The van der Waals surface area contributed by atoms with Crippen LogP contribution in [0.2, 0.25) is 0 Å². The zero-order valence-corrected chi connectivity index (χ0v) is 32.0. The van der Waals surface area contributed by atoms with Crippen LogP contribution in [0.3, 0.4) is 0 Å². The van der Waals surface area contributed by atoms with Gasteiger partial charge in [0.15, 0.2) is 0 Å². The van der Waals surface area contributed by atoms with E-state index in [1.807, 2.05) is 29.6 Å². The minimum absolute atomic E-state index is 0.124. The molecule has 3 amide bonds. The first kappa shape index (κ1) is 40.2. The molecule has 1 saturated heterocycles. The number of halogens is 3. The van der Waals surface area contributed by atoms with Crippen molar-refractivity contribution in [3.05, 3.63) is 88.4 Å². The number of urea groups is 1. The normalized spacial score (nSPS) is 14.6. The van der Waals surface area contributed by atoms with Crippen molar-refractivity contribution in [3.8, 4) is 22.1 Å². The van der Waals surface area contributed by atoms with Crippen LogP contribution in [0.5, 0.6) is 11.5 Å². The van der Waals surface area contributed by atoms with Gasteiger partial charge < -0.3 is 20.5 Å². The van der Waals surface area contributed by atoms with Crippen LogP contribution in [-0.2, 0) is 22.2 Å². The van der Waals surface area contributed by atoms with Gasteiger partial charge in [-0.1, -0.05) is 53.7 Å². The number of rotatable bonds is 10. The summed E-state index contributed by atoms with van der Waals surface area (Å²) in [5.74, 6) is -0.494.